The molecule has 6 nitrogen and oxygen atoms in total. The highest BCUT2D eigenvalue weighted by atomic mass is 17.2. The summed E-state index contributed by atoms with van der Waals surface area (Å²) in [5.41, 5.74) is 0.431. The number of carbonyl (C=O) groups is 1. The van der Waals surface area contributed by atoms with Gasteiger partial charge in [-0.25, -0.2) is 4.79 Å². The van der Waals surface area contributed by atoms with Crippen molar-refractivity contribution in [3.63, 3.8) is 0 Å². The maximum Gasteiger partial charge on any atom is 0.373 e. The molecule has 0 saturated heterocycles. The van der Waals surface area contributed by atoms with Crippen LogP contribution in [0.3, 0.4) is 0 Å². The van der Waals surface area contributed by atoms with Gasteiger partial charge in [-0.3, -0.25) is 4.89 Å². The SMILES string of the molecule is O=C(OOCCOCCOCCO)c1ccccc1. The highest BCUT2D eigenvalue weighted by Crippen LogP contribution is 2.01. The number of aliphatic hydroxyl groups is 1. The van der Waals surface area contributed by atoms with Crippen LogP contribution < -0.4 is 0 Å². The van der Waals surface area contributed by atoms with Crippen molar-refractivity contribution < 1.29 is 29.1 Å². The fraction of sp³-hybridized carbons (Fsp3) is 0.462. The average Bonchev–Trinajstić information content (AvgIpc) is 2.46. The van der Waals surface area contributed by atoms with E-state index in [1.165, 1.54) is 0 Å². The Bertz CT molecular complexity index is 340. The average molecular weight is 270 g/mol. The largest absolute Gasteiger partial charge is 0.394 e. The highest BCUT2D eigenvalue weighted by Gasteiger charge is 2.06. The van der Waals surface area contributed by atoms with Crippen LogP contribution in [0.25, 0.3) is 0 Å². The molecule has 0 aliphatic heterocycles. The van der Waals surface area contributed by atoms with Crippen molar-refractivity contribution in [3.8, 4) is 0 Å². The molecule has 0 bridgehead atoms. The number of hydrogen-bond acceptors (Lipinski definition) is 6. The lowest BCUT2D eigenvalue weighted by Gasteiger charge is -2.05. The summed E-state index contributed by atoms with van der Waals surface area (Å²) in [5, 5.41) is 8.45. The summed E-state index contributed by atoms with van der Waals surface area (Å²) in [6, 6.07) is 8.57. The first-order chi connectivity index (χ1) is 9.34. The number of rotatable bonds is 10. The number of aliphatic hydroxyl groups excluding tert-OH is 1. The minimum Gasteiger partial charge on any atom is -0.394 e. The predicted molar refractivity (Wildman–Crippen MR) is 66.5 cm³/mol. The van der Waals surface area contributed by atoms with Gasteiger partial charge >= 0.3 is 5.97 Å². The number of carbonyl (C=O) groups excluding carboxylic acids is 1. The van der Waals surface area contributed by atoms with Gasteiger partial charge < -0.3 is 14.6 Å². The van der Waals surface area contributed by atoms with Crippen molar-refractivity contribution in [2.75, 3.05) is 39.6 Å². The fourth-order valence-corrected chi connectivity index (χ4v) is 1.20. The summed E-state index contributed by atoms with van der Waals surface area (Å²) in [5.74, 6) is -0.535. The second kappa shape index (κ2) is 10.5. The van der Waals surface area contributed by atoms with E-state index in [-0.39, 0.29) is 13.2 Å². The molecular weight excluding hydrogens is 252 g/mol. The van der Waals surface area contributed by atoms with E-state index in [9.17, 15) is 4.79 Å². The van der Waals surface area contributed by atoms with E-state index in [0.717, 1.165) is 0 Å². The molecule has 0 aromatic heterocycles. The van der Waals surface area contributed by atoms with Gasteiger partial charge in [0.25, 0.3) is 0 Å². The highest BCUT2D eigenvalue weighted by molar-refractivity contribution is 5.88. The monoisotopic (exact) mass is 270 g/mol. The molecule has 0 spiro atoms. The molecule has 0 unspecified atom stereocenters. The van der Waals surface area contributed by atoms with Crippen molar-refractivity contribution in [2.24, 2.45) is 0 Å². The third-order valence-electron chi connectivity index (χ3n) is 2.06. The van der Waals surface area contributed by atoms with Crippen molar-refractivity contribution in [3.05, 3.63) is 35.9 Å². The lowest BCUT2D eigenvalue weighted by molar-refractivity contribution is -0.247. The van der Waals surface area contributed by atoms with Crippen LogP contribution in [-0.4, -0.2) is 50.7 Å². The van der Waals surface area contributed by atoms with Gasteiger partial charge in [-0.05, 0) is 12.1 Å². The third-order valence-corrected chi connectivity index (χ3v) is 2.06. The van der Waals surface area contributed by atoms with Gasteiger partial charge in [-0.15, -0.1) is 0 Å². The predicted octanol–water partition coefficient (Wildman–Crippen LogP) is 0.800. The van der Waals surface area contributed by atoms with Crippen LogP contribution in [-0.2, 0) is 19.2 Å². The summed E-state index contributed by atoms with van der Waals surface area (Å²) in [6.45, 7) is 1.55. The molecule has 1 rings (SSSR count). The molecule has 0 atom stereocenters. The zero-order valence-electron chi connectivity index (χ0n) is 10.6. The van der Waals surface area contributed by atoms with Crippen molar-refractivity contribution in [1.29, 1.82) is 0 Å². The van der Waals surface area contributed by atoms with Gasteiger partial charge in [0.2, 0.25) is 0 Å². The molecule has 0 heterocycles. The van der Waals surface area contributed by atoms with Crippen LogP contribution in [0.1, 0.15) is 10.4 Å². The summed E-state index contributed by atoms with van der Waals surface area (Å²) >= 11 is 0. The van der Waals surface area contributed by atoms with Crippen molar-refractivity contribution in [1.82, 2.24) is 0 Å². The topological polar surface area (TPSA) is 74.2 Å². The van der Waals surface area contributed by atoms with E-state index in [1.807, 2.05) is 6.07 Å². The molecule has 106 valence electrons. The molecular formula is C13H18O6. The molecule has 0 fully saturated rings. The standard InChI is InChI=1S/C13H18O6/c14-6-7-16-8-9-17-10-11-18-19-13(15)12-4-2-1-3-5-12/h1-5,14H,6-11H2. The molecule has 19 heavy (non-hydrogen) atoms. The number of benzene rings is 1. The van der Waals surface area contributed by atoms with Crippen LogP contribution >= 0.6 is 0 Å². The van der Waals surface area contributed by atoms with E-state index < -0.39 is 5.97 Å². The van der Waals surface area contributed by atoms with Crippen LogP contribution in [0, 0.1) is 0 Å². The minimum atomic E-state index is -0.535. The Kier molecular flexibility index (Phi) is 8.57. The molecule has 1 aromatic carbocycles. The Labute approximate surface area is 111 Å². The summed E-state index contributed by atoms with van der Waals surface area (Å²) in [6.07, 6.45) is 0. The molecule has 1 N–H and O–H groups in total. The zero-order valence-corrected chi connectivity index (χ0v) is 10.6. The molecule has 0 saturated carbocycles. The fourth-order valence-electron chi connectivity index (χ4n) is 1.20. The lowest BCUT2D eigenvalue weighted by Crippen LogP contribution is -2.12. The van der Waals surface area contributed by atoms with Crippen LogP contribution in [0.4, 0.5) is 0 Å². The Morgan fingerprint density at radius 3 is 2.26 bits per heavy atom. The Morgan fingerprint density at radius 1 is 0.947 bits per heavy atom. The van der Waals surface area contributed by atoms with Crippen LogP contribution in [0.15, 0.2) is 30.3 Å². The number of ether oxygens (including phenoxy) is 2. The quantitative estimate of drug-likeness (QED) is 0.385. The smallest absolute Gasteiger partial charge is 0.373 e. The van der Waals surface area contributed by atoms with Crippen molar-refractivity contribution >= 4 is 5.97 Å². The van der Waals surface area contributed by atoms with E-state index >= 15 is 0 Å². The first-order valence-electron chi connectivity index (χ1n) is 6.00. The Morgan fingerprint density at radius 2 is 1.58 bits per heavy atom. The molecule has 1 aromatic rings. The van der Waals surface area contributed by atoms with Gasteiger partial charge in [0.15, 0.2) is 0 Å². The molecule has 6 heteroatoms. The van der Waals surface area contributed by atoms with Crippen LogP contribution in [0.5, 0.6) is 0 Å². The van der Waals surface area contributed by atoms with Crippen LogP contribution in [0.2, 0.25) is 0 Å². The van der Waals surface area contributed by atoms with Gasteiger partial charge in [0, 0.05) is 0 Å². The summed E-state index contributed by atoms with van der Waals surface area (Å²) in [7, 11) is 0. The molecule has 0 aliphatic carbocycles. The summed E-state index contributed by atoms with van der Waals surface area (Å²) < 4.78 is 10.1. The maximum absolute atomic E-state index is 11.4. The first-order valence-corrected chi connectivity index (χ1v) is 6.00. The number of hydrogen-bond donors (Lipinski definition) is 1. The minimum absolute atomic E-state index is 0.00144. The lowest BCUT2D eigenvalue weighted by atomic mass is 10.2. The van der Waals surface area contributed by atoms with E-state index in [4.69, 9.17) is 19.5 Å². The van der Waals surface area contributed by atoms with Gasteiger partial charge in [0.1, 0.15) is 6.61 Å². The second-order valence-electron chi connectivity index (χ2n) is 3.51. The first kappa shape index (κ1) is 15.6. The maximum atomic E-state index is 11.4. The second-order valence-corrected chi connectivity index (χ2v) is 3.51. The van der Waals surface area contributed by atoms with E-state index in [2.05, 4.69) is 4.89 Å². The van der Waals surface area contributed by atoms with Gasteiger partial charge in [0.05, 0.1) is 38.6 Å². The molecule has 0 amide bonds. The molecule has 0 aliphatic rings. The van der Waals surface area contributed by atoms with E-state index in [1.54, 1.807) is 24.3 Å². The Hall–Kier alpha value is -1.47. The summed E-state index contributed by atoms with van der Waals surface area (Å²) in [4.78, 5) is 20.7. The normalized spacial score (nSPS) is 10.4. The van der Waals surface area contributed by atoms with Gasteiger partial charge in [-0.2, -0.15) is 4.89 Å². The van der Waals surface area contributed by atoms with Crippen molar-refractivity contribution in [2.45, 2.75) is 0 Å². The Balaban J connectivity index is 1.95. The molecule has 0 radical (unpaired) electrons. The van der Waals surface area contributed by atoms with Gasteiger partial charge in [-0.1, -0.05) is 18.2 Å². The third kappa shape index (κ3) is 7.53. The zero-order chi connectivity index (χ0) is 13.8. The van der Waals surface area contributed by atoms with E-state index in [0.29, 0.717) is 32.0 Å².